The summed E-state index contributed by atoms with van der Waals surface area (Å²) in [4.78, 5) is 0. The van der Waals surface area contributed by atoms with E-state index in [0.717, 1.165) is 24.2 Å². The van der Waals surface area contributed by atoms with Crippen LogP contribution in [0.2, 0.25) is 10.0 Å². The summed E-state index contributed by atoms with van der Waals surface area (Å²) >= 11 is 12.5. The number of ether oxygens (including phenoxy) is 2. The molecule has 3 nitrogen and oxygen atoms in total. The molecule has 0 aliphatic carbocycles. The lowest BCUT2D eigenvalue weighted by atomic mass is 10.1. The molecule has 1 N–H and O–H groups in total. The zero-order valence-electron chi connectivity index (χ0n) is 16.9. The van der Waals surface area contributed by atoms with Crippen LogP contribution >= 0.6 is 23.2 Å². The first-order chi connectivity index (χ1) is 13.6. The second kappa shape index (κ2) is 12.9. The maximum absolute atomic E-state index is 6.49. The zero-order chi connectivity index (χ0) is 20.2. The Morgan fingerprint density at radius 3 is 2.43 bits per heavy atom. The van der Waals surface area contributed by atoms with E-state index in [9.17, 15) is 0 Å². The van der Waals surface area contributed by atoms with Gasteiger partial charge in [-0.15, -0.1) is 0 Å². The van der Waals surface area contributed by atoms with Crippen molar-refractivity contribution in [3.8, 4) is 11.5 Å². The molecule has 0 aliphatic heterocycles. The molecular weight excluding hydrogens is 393 g/mol. The number of rotatable bonds is 13. The predicted molar refractivity (Wildman–Crippen MR) is 119 cm³/mol. The van der Waals surface area contributed by atoms with Crippen molar-refractivity contribution in [3.63, 3.8) is 0 Å². The molecule has 5 heteroatoms. The van der Waals surface area contributed by atoms with Crippen molar-refractivity contribution in [1.29, 1.82) is 0 Å². The van der Waals surface area contributed by atoms with E-state index in [-0.39, 0.29) is 0 Å². The minimum absolute atomic E-state index is 0.409. The van der Waals surface area contributed by atoms with Gasteiger partial charge < -0.3 is 14.8 Å². The number of halogens is 2. The minimum atomic E-state index is 0.409. The van der Waals surface area contributed by atoms with Crippen molar-refractivity contribution in [3.05, 3.63) is 57.6 Å². The highest BCUT2D eigenvalue weighted by molar-refractivity contribution is 6.31. The van der Waals surface area contributed by atoms with Crippen LogP contribution in [-0.4, -0.2) is 13.2 Å². The van der Waals surface area contributed by atoms with E-state index in [4.69, 9.17) is 32.7 Å². The van der Waals surface area contributed by atoms with Gasteiger partial charge in [0.05, 0.1) is 6.61 Å². The molecule has 2 aromatic carbocycles. The van der Waals surface area contributed by atoms with Crippen LogP contribution in [0.4, 0.5) is 0 Å². The van der Waals surface area contributed by atoms with E-state index < -0.39 is 0 Å². The minimum Gasteiger partial charge on any atom is -0.490 e. The van der Waals surface area contributed by atoms with E-state index in [2.05, 4.69) is 12.2 Å². The number of hydrogen-bond donors (Lipinski definition) is 1. The molecule has 0 aliphatic rings. The molecule has 2 aromatic rings. The standard InChI is InChI=1S/C23H31Cl2NO2/c1-3-5-6-7-8-12-26-16-19-14-22(27-4-2)23(15-21(19)25)28-17-18-10-9-11-20(24)13-18/h9-11,13-15,26H,3-8,12,16-17H2,1-2H3. The Bertz CT molecular complexity index is 722. The highest BCUT2D eigenvalue weighted by atomic mass is 35.5. The van der Waals surface area contributed by atoms with Crippen molar-refractivity contribution < 1.29 is 9.47 Å². The molecule has 0 bridgehead atoms. The molecule has 0 unspecified atom stereocenters. The van der Waals surface area contributed by atoms with Gasteiger partial charge in [0, 0.05) is 22.7 Å². The first-order valence-corrected chi connectivity index (χ1v) is 10.9. The topological polar surface area (TPSA) is 30.5 Å². The van der Waals surface area contributed by atoms with Crippen molar-refractivity contribution >= 4 is 23.2 Å². The summed E-state index contributed by atoms with van der Waals surface area (Å²) in [6, 6.07) is 11.4. The van der Waals surface area contributed by atoms with Crippen LogP contribution in [0.3, 0.4) is 0 Å². The van der Waals surface area contributed by atoms with Crippen molar-refractivity contribution in [2.75, 3.05) is 13.2 Å². The lowest BCUT2D eigenvalue weighted by molar-refractivity contribution is 0.269. The lowest BCUT2D eigenvalue weighted by Crippen LogP contribution is -2.15. The SMILES string of the molecule is CCCCCCCNCc1cc(OCC)c(OCc2cccc(Cl)c2)cc1Cl. The van der Waals surface area contributed by atoms with E-state index in [0.29, 0.717) is 34.8 Å². The van der Waals surface area contributed by atoms with E-state index >= 15 is 0 Å². The molecule has 0 spiro atoms. The Kier molecular flexibility index (Phi) is 10.6. The quantitative estimate of drug-likeness (QED) is 0.350. The van der Waals surface area contributed by atoms with Gasteiger partial charge in [-0.25, -0.2) is 0 Å². The van der Waals surface area contributed by atoms with Crippen molar-refractivity contribution in [1.82, 2.24) is 5.32 Å². The molecule has 154 valence electrons. The van der Waals surface area contributed by atoms with Gasteiger partial charge in [-0.1, -0.05) is 67.9 Å². The molecule has 0 saturated carbocycles. The summed E-state index contributed by atoms with van der Waals surface area (Å²) in [5.41, 5.74) is 2.02. The van der Waals surface area contributed by atoms with E-state index in [1.54, 1.807) is 0 Å². The van der Waals surface area contributed by atoms with Gasteiger partial charge in [0.1, 0.15) is 6.61 Å². The third-order valence-electron chi connectivity index (χ3n) is 4.47. The molecule has 0 amide bonds. The second-order valence-electron chi connectivity index (χ2n) is 6.83. The Hall–Kier alpha value is -1.42. The normalized spacial score (nSPS) is 10.9. The predicted octanol–water partition coefficient (Wildman–Crippen LogP) is 7.03. The van der Waals surface area contributed by atoms with E-state index in [1.807, 2.05) is 43.3 Å². The number of nitrogens with one attached hydrogen (secondary N) is 1. The van der Waals surface area contributed by atoms with Crippen molar-refractivity contribution in [2.24, 2.45) is 0 Å². The van der Waals surface area contributed by atoms with Crippen LogP contribution < -0.4 is 14.8 Å². The Balaban J connectivity index is 1.94. The second-order valence-corrected chi connectivity index (χ2v) is 7.68. The number of hydrogen-bond acceptors (Lipinski definition) is 3. The van der Waals surface area contributed by atoms with Crippen molar-refractivity contribution in [2.45, 2.75) is 59.1 Å². The molecule has 0 saturated heterocycles. The average molecular weight is 424 g/mol. The van der Waals surface area contributed by atoms with Gasteiger partial charge in [-0.05, 0) is 49.2 Å². The Labute approximate surface area is 179 Å². The molecule has 2 rings (SSSR count). The summed E-state index contributed by atoms with van der Waals surface area (Å²) in [6.07, 6.45) is 6.37. The highest BCUT2D eigenvalue weighted by Crippen LogP contribution is 2.34. The van der Waals surface area contributed by atoms with Gasteiger partial charge in [0.25, 0.3) is 0 Å². The first kappa shape index (κ1) is 22.9. The molecule has 0 atom stereocenters. The van der Waals surface area contributed by atoms with E-state index in [1.165, 1.54) is 32.1 Å². The Morgan fingerprint density at radius 1 is 0.893 bits per heavy atom. The third-order valence-corrected chi connectivity index (χ3v) is 5.06. The summed E-state index contributed by atoms with van der Waals surface area (Å²) in [7, 11) is 0. The van der Waals surface area contributed by atoms with Crippen LogP contribution in [-0.2, 0) is 13.2 Å². The molecule has 0 radical (unpaired) electrons. The zero-order valence-corrected chi connectivity index (χ0v) is 18.4. The van der Waals surface area contributed by atoms with Crippen LogP contribution in [0.25, 0.3) is 0 Å². The fraction of sp³-hybridized carbons (Fsp3) is 0.478. The van der Waals surface area contributed by atoms with Gasteiger partial charge in [0.2, 0.25) is 0 Å². The highest BCUT2D eigenvalue weighted by Gasteiger charge is 2.11. The fourth-order valence-electron chi connectivity index (χ4n) is 2.96. The van der Waals surface area contributed by atoms with Gasteiger partial charge in [0.15, 0.2) is 11.5 Å². The maximum Gasteiger partial charge on any atom is 0.163 e. The molecule has 28 heavy (non-hydrogen) atoms. The van der Waals surface area contributed by atoms with Gasteiger partial charge >= 0.3 is 0 Å². The summed E-state index contributed by atoms with van der Waals surface area (Å²) in [6.45, 7) is 6.90. The van der Waals surface area contributed by atoms with Gasteiger partial charge in [-0.3, -0.25) is 0 Å². The summed E-state index contributed by atoms with van der Waals surface area (Å²) in [5.74, 6) is 1.36. The monoisotopic (exact) mass is 423 g/mol. The van der Waals surface area contributed by atoms with Crippen LogP contribution in [0.5, 0.6) is 11.5 Å². The van der Waals surface area contributed by atoms with Crippen LogP contribution in [0, 0.1) is 0 Å². The average Bonchev–Trinajstić information content (AvgIpc) is 2.68. The van der Waals surface area contributed by atoms with Crippen LogP contribution in [0.15, 0.2) is 36.4 Å². The Morgan fingerprint density at radius 2 is 1.68 bits per heavy atom. The molecular formula is C23H31Cl2NO2. The number of benzene rings is 2. The summed E-state index contributed by atoms with van der Waals surface area (Å²) in [5, 5.41) is 4.85. The third kappa shape index (κ3) is 7.90. The smallest absolute Gasteiger partial charge is 0.163 e. The first-order valence-electron chi connectivity index (χ1n) is 10.2. The van der Waals surface area contributed by atoms with Gasteiger partial charge in [-0.2, -0.15) is 0 Å². The lowest BCUT2D eigenvalue weighted by Gasteiger charge is -2.15. The maximum atomic E-state index is 6.49. The fourth-order valence-corrected chi connectivity index (χ4v) is 3.39. The largest absolute Gasteiger partial charge is 0.490 e. The molecule has 0 aromatic heterocycles. The summed E-state index contributed by atoms with van der Waals surface area (Å²) < 4.78 is 11.7. The number of unbranched alkanes of at least 4 members (excludes halogenated alkanes) is 4. The molecule has 0 fully saturated rings. The van der Waals surface area contributed by atoms with Crippen LogP contribution in [0.1, 0.15) is 57.1 Å². The molecule has 0 heterocycles.